The van der Waals surface area contributed by atoms with E-state index in [1.165, 1.54) is 4.57 Å². The minimum atomic E-state index is -4.44. The predicted octanol–water partition coefficient (Wildman–Crippen LogP) is 1.19. The third-order valence-corrected chi connectivity index (χ3v) is 5.44. The molecule has 0 aromatic carbocycles. The van der Waals surface area contributed by atoms with Crippen LogP contribution in [0.5, 0.6) is 0 Å². The second kappa shape index (κ2) is 5.77. The number of nitrogens with zero attached hydrogens (tertiary/aromatic N) is 4. The Bertz CT molecular complexity index is 498. The fraction of sp³-hybridized carbons (Fsp3) is 0.833. The molecule has 0 saturated carbocycles. The number of fused-ring (bicyclic) bond motifs is 1. The molecule has 5 nitrogen and oxygen atoms in total. The molecule has 2 atom stereocenters. The van der Waals surface area contributed by atoms with Gasteiger partial charge < -0.3 is 10.3 Å². The van der Waals surface area contributed by atoms with Crippen molar-refractivity contribution in [3.8, 4) is 0 Å². The van der Waals surface area contributed by atoms with E-state index in [1.807, 2.05) is 11.8 Å². The number of rotatable bonds is 3. The van der Waals surface area contributed by atoms with Crippen molar-refractivity contribution in [1.82, 2.24) is 19.7 Å². The quantitative estimate of drug-likeness (QED) is 0.906. The smallest absolute Gasteiger partial charge is 0.329 e. The maximum Gasteiger partial charge on any atom is 0.451 e. The normalized spacial score (nSPS) is 25.0. The number of hydrogen-bond donors (Lipinski definition) is 1. The van der Waals surface area contributed by atoms with Gasteiger partial charge in [-0.2, -0.15) is 24.9 Å². The summed E-state index contributed by atoms with van der Waals surface area (Å²) in [7, 11) is 0. The number of hydrogen-bond acceptors (Lipinski definition) is 5. The number of thioether (sulfide) groups is 1. The molecule has 1 aromatic heterocycles. The molecule has 0 aliphatic carbocycles. The highest BCUT2D eigenvalue weighted by atomic mass is 32.2. The lowest BCUT2D eigenvalue weighted by Crippen LogP contribution is -2.49. The Hall–Kier alpha value is -0.800. The van der Waals surface area contributed by atoms with Crippen LogP contribution >= 0.6 is 11.8 Å². The largest absolute Gasteiger partial charge is 0.451 e. The average Bonchev–Trinajstić information content (AvgIpc) is 3.06. The summed E-state index contributed by atoms with van der Waals surface area (Å²) in [6, 6.07) is 0.222. The van der Waals surface area contributed by atoms with E-state index < -0.39 is 12.0 Å². The van der Waals surface area contributed by atoms with E-state index in [-0.39, 0.29) is 12.6 Å². The zero-order valence-corrected chi connectivity index (χ0v) is 12.3. The SMILES string of the molecule is NCC(C1CCSC1)N1CCn2c(nnc2C(F)(F)F)C1. The third kappa shape index (κ3) is 2.91. The Labute approximate surface area is 125 Å². The zero-order chi connectivity index (χ0) is 15.0. The van der Waals surface area contributed by atoms with Crippen LogP contribution in [0.2, 0.25) is 0 Å². The van der Waals surface area contributed by atoms with E-state index in [1.54, 1.807) is 0 Å². The second-order valence-electron chi connectivity index (χ2n) is 5.49. The van der Waals surface area contributed by atoms with E-state index in [0.717, 1.165) is 17.9 Å². The Kier molecular flexibility index (Phi) is 4.15. The van der Waals surface area contributed by atoms with Crippen LogP contribution in [0.1, 0.15) is 18.1 Å². The van der Waals surface area contributed by atoms with Gasteiger partial charge in [-0.15, -0.1) is 10.2 Å². The Balaban J connectivity index is 1.76. The van der Waals surface area contributed by atoms with E-state index >= 15 is 0 Å². The zero-order valence-electron chi connectivity index (χ0n) is 11.5. The average molecular weight is 321 g/mol. The molecule has 2 N–H and O–H groups in total. The first kappa shape index (κ1) is 15.1. The Morgan fingerprint density at radius 3 is 2.76 bits per heavy atom. The van der Waals surface area contributed by atoms with Crippen molar-refractivity contribution in [2.24, 2.45) is 11.7 Å². The molecular weight excluding hydrogens is 303 g/mol. The highest BCUT2D eigenvalue weighted by Crippen LogP contribution is 2.32. The van der Waals surface area contributed by atoms with Gasteiger partial charge in [0.2, 0.25) is 5.82 Å². The van der Waals surface area contributed by atoms with Crippen LogP contribution in [0.15, 0.2) is 0 Å². The van der Waals surface area contributed by atoms with Gasteiger partial charge in [-0.3, -0.25) is 4.90 Å². The van der Waals surface area contributed by atoms with Gasteiger partial charge in [-0.25, -0.2) is 0 Å². The second-order valence-corrected chi connectivity index (χ2v) is 6.64. The van der Waals surface area contributed by atoms with Crippen molar-refractivity contribution in [3.05, 3.63) is 11.6 Å². The summed E-state index contributed by atoms with van der Waals surface area (Å²) >= 11 is 1.92. The molecular formula is C12H18F3N5S. The predicted molar refractivity (Wildman–Crippen MR) is 73.7 cm³/mol. The minimum Gasteiger partial charge on any atom is -0.329 e. The summed E-state index contributed by atoms with van der Waals surface area (Å²) in [5, 5.41) is 7.03. The van der Waals surface area contributed by atoms with E-state index in [4.69, 9.17) is 5.73 Å². The van der Waals surface area contributed by atoms with E-state index in [9.17, 15) is 13.2 Å². The van der Waals surface area contributed by atoms with Crippen molar-refractivity contribution in [1.29, 1.82) is 0 Å². The summed E-state index contributed by atoms with van der Waals surface area (Å²) in [6.07, 6.45) is -3.31. The molecule has 1 aromatic rings. The van der Waals surface area contributed by atoms with Crippen molar-refractivity contribution < 1.29 is 13.2 Å². The molecule has 9 heteroatoms. The van der Waals surface area contributed by atoms with Crippen molar-refractivity contribution in [2.45, 2.75) is 31.7 Å². The number of nitrogens with two attached hydrogens (primary N) is 1. The van der Waals surface area contributed by atoms with Crippen molar-refractivity contribution >= 4 is 11.8 Å². The molecule has 118 valence electrons. The maximum atomic E-state index is 12.8. The molecule has 1 saturated heterocycles. The minimum absolute atomic E-state index is 0.222. The van der Waals surface area contributed by atoms with Crippen LogP contribution in [-0.2, 0) is 19.3 Å². The first-order chi connectivity index (χ1) is 10.0. The molecule has 21 heavy (non-hydrogen) atoms. The van der Waals surface area contributed by atoms with Crippen LogP contribution in [-0.4, -0.2) is 50.3 Å². The van der Waals surface area contributed by atoms with Crippen LogP contribution in [0.25, 0.3) is 0 Å². The highest BCUT2D eigenvalue weighted by molar-refractivity contribution is 7.99. The molecule has 3 rings (SSSR count). The fourth-order valence-corrected chi connectivity index (χ4v) is 4.49. The van der Waals surface area contributed by atoms with Gasteiger partial charge in [-0.05, 0) is 23.8 Å². The van der Waals surface area contributed by atoms with E-state index in [0.29, 0.717) is 31.4 Å². The Morgan fingerprint density at radius 2 is 2.14 bits per heavy atom. The van der Waals surface area contributed by atoms with Crippen LogP contribution in [0.3, 0.4) is 0 Å². The molecule has 2 unspecified atom stereocenters. The first-order valence-electron chi connectivity index (χ1n) is 7.02. The first-order valence-corrected chi connectivity index (χ1v) is 8.17. The highest BCUT2D eigenvalue weighted by Gasteiger charge is 2.40. The van der Waals surface area contributed by atoms with Crippen LogP contribution in [0, 0.1) is 5.92 Å². The van der Waals surface area contributed by atoms with Crippen LogP contribution < -0.4 is 5.73 Å². The molecule has 0 radical (unpaired) electrons. The molecule has 1 fully saturated rings. The van der Waals surface area contributed by atoms with Gasteiger partial charge in [-0.1, -0.05) is 0 Å². The van der Waals surface area contributed by atoms with Gasteiger partial charge >= 0.3 is 6.18 Å². The standard InChI is InChI=1S/C12H18F3N5S/c13-12(14,15)11-18-17-10-6-19(2-3-20(10)11)9(5-16)8-1-4-21-7-8/h8-9H,1-7,16H2. The summed E-state index contributed by atoms with van der Waals surface area (Å²) in [4.78, 5) is 2.17. The number of alkyl halides is 3. The molecule has 2 aliphatic heterocycles. The fourth-order valence-electron chi connectivity index (χ4n) is 3.17. The van der Waals surface area contributed by atoms with Crippen molar-refractivity contribution in [2.75, 3.05) is 24.6 Å². The van der Waals surface area contributed by atoms with Gasteiger partial charge in [0.1, 0.15) is 5.82 Å². The molecule has 2 aliphatic rings. The molecule has 0 spiro atoms. The monoisotopic (exact) mass is 321 g/mol. The molecule has 0 amide bonds. The summed E-state index contributed by atoms with van der Waals surface area (Å²) in [6.45, 7) is 1.77. The summed E-state index contributed by atoms with van der Waals surface area (Å²) in [5.41, 5.74) is 5.90. The molecule has 0 bridgehead atoms. The summed E-state index contributed by atoms with van der Waals surface area (Å²) < 4.78 is 39.6. The van der Waals surface area contributed by atoms with Gasteiger partial charge in [0.05, 0.1) is 6.54 Å². The number of halogens is 3. The lowest BCUT2D eigenvalue weighted by atomic mass is 9.97. The van der Waals surface area contributed by atoms with E-state index in [2.05, 4.69) is 15.1 Å². The topological polar surface area (TPSA) is 60.0 Å². The lowest BCUT2D eigenvalue weighted by Gasteiger charge is -2.37. The maximum absolute atomic E-state index is 12.8. The number of aromatic nitrogens is 3. The van der Waals surface area contributed by atoms with Gasteiger partial charge in [0.25, 0.3) is 0 Å². The lowest BCUT2D eigenvalue weighted by molar-refractivity contribution is -0.148. The third-order valence-electron chi connectivity index (χ3n) is 4.26. The van der Waals surface area contributed by atoms with Gasteiger partial charge in [0, 0.05) is 25.7 Å². The van der Waals surface area contributed by atoms with Crippen molar-refractivity contribution in [3.63, 3.8) is 0 Å². The van der Waals surface area contributed by atoms with Gasteiger partial charge in [0.15, 0.2) is 0 Å². The molecule has 3 heterocycles. The Morgan fingerprint density at radius 1 is 1.33 bits per heavy atom. The summed E-state index contributed by atoms with van der Waals surface area (Å²) in [5.74, 6) is 2.24. The van der Waals surface area contributed by atoms with Crippen LogP contribution in [0.4, 0.5) is 13.2 Å².